The first-order valence-corrected chi connectivity index (χ1v) is 3.29. The molecule has 0 aromatic carbocycles. The molecule has 58 valence electrons. The number of aliphatic hydroxyl groups excluding tert-OH is 1. The summed E-state index contributed by atoms with van der Waals surface area (Å²) < 4.78 is 0. The number of aliphatic hydroxyl groups is 1. The van der Waals surface area contributed by atoms with Crippen LogP contribution in [0.15, 0.2) is 0 Å². The minimum atomic E-state index is -0.357. The van der Waals surface area contributed by atoms with Crippen molar-refractivity contribution in [1.82, 2.24) is 0 Å². The summed E-state index contributed by atoms with van der Waals surface area (Å²) in [6, 6.07) is 0. The number of rotatable bonds is 2. The fourth-order valence-corrected chi connectivity index (χ4v) is 1.17. The van der Waals surface area contributed by atoms with Gasteiger partial charge in [-0.05, 0) is 18.8 Å². The molecule has 0 atom stereocenters. The minimum Gasteiger partial charge on any atom is -0.396 e. The van der Waals surface area contributed by atoms with Crippen LogP contribution in [0, 0.1) is 11.8 Å². The van der Waals surface area contributed by atoms with Gasteiger partial charge in [-0.3, -0.25) is 4.79 Å². The van der Waals surface area contributed by atoms with E-state index in [1.807, 2.05) is 0 Å². The number of hydrogen-bond acceptors (Lipinski definition) is 4. The Kier molecular flexibility index (Phi) is 2.24. The zero-order valence-electron chi connectivity index (χ0n) is 5.62. The number of carbonyl (C=O) groups excluding carboxylic acids is 1. The van der Waals surface area contributed by atoms with Crippen LogP contribution in [0.5, 0.6) is 0 Å². The van der Waals surface area contributed by atoms with E-state index in [1.165, 1.54) is 0 Å². The SMILES string of the molecule is NOC(=O)C1CC(CO)C1. The zero-order chi connectivity index (χ0) is 7.56. The van der Waals surface area contributed by atoms with Crippen molar-refractivity contribution < 1.29 is 14.7 Å². The van der Waals surface area contributed by atoms with E-state index in [4.69, 9.17) is 5.11 Å². The van der Waals surface area contributed by atoms with E-state index in [0.29, 0.717) is 12.8 Å². The van der Waals surface area contributed by atoms with Crippen LogP contribution >= 0.6 is 0 Å². The lowest BCUT2D eigenvalue weighted by Gasteiger charge is -2.30. The Morgan fingerprint density at radius 3 is 2.70 bits per heavy atom. The molecule has 0 amide bonds. The molecule has 1 rings (SSSR count). The molecule has 1 fully saturated rings. The second kappa shape index (κ2) is 2.98. The Morgan fingerprint density at radius 2 is 2.30 bits per heavy atom. The van der Waals surface area contributed by atoms with Gasteiger partial charge in [0.2, 0.25) is 0 Å². The van der Waals surface area contributed by atoms with Gasteiger partial charge in [-0.2, -0.15) is 5.90 Å². The predicted octanol–water partition coefficient (Wildman–Crippen LogP) is -0.578. The molecule has 0 saturated heterocycles. The van der Waals surface area contributed by atoms with Crippen molar-refractivity contribution in [2.75, 3.05) is 6.61 Å². The van der Waals surface area contributed by atoms with Gasteiger partial charge in [0.05, 0.1) is 5.92 Å². The van der Waals surface area contributed by atoms with Gasteiger partial charge in [0.15, 0.2) is 0 Å². The first-order chi connectivity index (χ1) is 4.77. The van der Waals surface area contributed by atoms with E-state index >= 15 is 0 Å². The Balaban J connectivity index is 2.19. The Bertz CT molecular complexity index is 131. The van der Waals surface area contributed by atoms with Crippen LogP contribution in [0.1, 0.15) is 12.8 Å². The van der Waals surface area contributed by atoms with E-state index in [9.17, 15) is 4.79 Å². The molecule has 0 heterocycles. The maximum absolute atomic E-state index is 10.6. The summed E-state index contributed by atoms with van der Waals surface area (Å²) in [5.74, 6) is 4.51. The third-order valence-corrected chi connectivity index (χ3v) is 1.94. The fourth-order valence-electron chi connectivity index (χ4n) is 1.17. The molecule has 0 bridgehead atoms. The van der Waals surface area contributed by atoms with Crippen LogP contribution in [-0.2, 0) is 9.63 Å². The highest BCUT2D eigenvalue weighted by molar-refractivity contribution is 5.73. The smallest absolute Gasteiger partial charge is 0.327 e. The molecule has 4 nitrogen and oxygen atoms in total. The summed E-state index contributed by atoms with van der Waals surface area (Å²) in [5.41, 5.74) is 0. The second-order valence-electron chi connectivity index (χ2n) is 2.65. The number of hydrogen-bond donors (Lipinski definition) is 2. The van der Waals surface area contributed by atoms with Gasteiger partial charge in [0.1, 0.15) is 0 Å². The summed E-state index contributed by atoms with van der Waals surface area (Å²) in [5, 5.41) is 8.57. The Morgan fingerprint density at radius 1 is 1.70 bits per heavy atom. The molecule has 4 heteroatoms. The van der Waals surface area contributed by atoms with Crippen LogP contribution in [0.25, 0.3) is 0 Å². The van der Waals surface area contributed by atoms with Gasteiger partial charge in [-0.15, -0.1) is 0 Å². The summed E-state index contributed by atoms with van der Waals surface area (Å²) in [6.07, 6.45) is 1.43. The fraction of sp³-hybridized carbons (Fsp3) is 0.833. The van der Waals surface area contributed by atoms with Crippen molar-refractivity contribution in [2.45, 2.75) is 12.8 Å². The molecule has 0 unspecified atom stereocenters. The van der Waals surface area contributed by atoms with Crippen molar-refractivity contribution in [3.05, 3.63) is 0 Å². The third-order valence-electron chi connectivity index (χ3n) is 1.94. The highest BCUT2D eigenvalue weighted by atomic mass is 16.7. The number of carbonyl (C=O) groups is 1. The van der Waals surface area contributed by atoms with E-state index in [2.05, 4.69) is 10.7 Å². The average molecular weight is 145 g/mol. The zero-order valence-corrected chi connectivity index (χ0v) is 5.62. The lowest BCUT2D eigenvalue weighted by Crippen LogP contribution is -2.34. The molecular weight excluding hydrogens is 134 g/mol. The van der Waals surface area contributed by atoms with Crippen molar-refractivity contribution in [3.8, 4) is 0 Å². The molecule has 1 aliphatic carbocycles. The molecule has 1 aliphatic rings. The first-order valence-electron chi connectivity index (χ1n) is 3.29. The summed E-state index contributed by atoms with van der Waals surface area (Å²) in [6.45, 7) is 0.161. The summed E-state index contributed by atoms with van der Waals surface area (Å²) in [4.78, 5) is 14.7. The van der Waals surface area contributed by atoms with Gasteiger partial charge < -0.3 is 9.94 Å². The van der Waals surface area contributed by atoms with E-state index < -0.39 is 0 Å². The molecule has 1 saturated carbocycles. The maximum Gasteiger partial charge on any atom is 0.327 e. The van der Waals surface area contributed by atoms with Crippen molar-refractivity contribution in [2.24, 2.45) is 17.7 Å². The molecule has 0 radical (unpaired) electrons. The summed E-state index contributed by atoms with van der Waals surface area (Å²) in [7, 11) is 0. The quantitative estimate of drug-likeness (QED) is 0.510. The van der Waals surface area contributed by atoms with Crippen molar-refractivity contribution in [1.29, 1.82) is 0 Å². The Labute approximate surface area is 58.9 Å². The van der Waals surface area contributed by atoms with Gasteiger partial charge in [-0.25, -0.2) is 0 Å². The largest absolute Gasteiger partial charge is 0.396 e. The normalized spacial score (nSPS) is 31.0. The van der Waals surface area contributed by atoms with E-state index in [-0.39, 0.29) is 24.4 Å². The van der Waals surface area contributed by atoms with E-state index in [0.717, 1.165) is 0 Å². The topological polar surface area (TPSA) is 72.5 Å². The minimum absolute atomic E-state index is 0.0675. The molecule has 10 heavy (non-hydrogen) atoms. The van der Waals surface area contributed by atoms with Crippen molar-refractivity contribution in [3.63, 3.8) is 0 Å². The van der Waals surface area contributed by atoms with Crippen LogP contribution in [0.3, 0.4) is 0 Å². The van der Waals surface area contributed by atoms with Gasteiger partial charge in [0, 0.05) is 6.61 Å². The van der Waals surface area contributed by atoms with Gasteiger partial charge in [-0.1, -0.05) is 0 Å². The lowest BCUT2D eigenvalue weighted by molar-refractivity contribution is -0.154. The van der Waals surface area contributed by atoms with Crippen molar-refractivity contribution >= 4 is 5.97 Å². The predicted molar refractivity (Wildman–Crippen MR) is 33.6 cm³/mol. The van der Waals surface area contributed by atoms with Gasteiger partial charge >= 0.3 is 5.97 Å². The average Bonchev–Trinajstić information content (AvgIpc) is 1.85. The second-order valence-corrected chi connectivity index (χ2v) is 2.65. The highest BCUT2D eigenvalue weighted by Gasteiger charge is 2.34. The number of nitrogens with two attached hydrogens (primary N) is 1. The molecular formula is C6H11NO3. The highest BCUT2D eigenvalue weighted by Crippen LogP contribution is 2.33. The molecule has 0 aromatic rings. The standard InChI is InChI=1S/C6H11NO3/c7-10-6(9)5-1-4(2-5)3-8/h4-5,8H,1-3,7H2. The molecule has 0 spiro atoms. The van der Waals surface area contributed by atoms with Crippen LogP contribution in [0.2, 0.25) is 0 Å². The van der Waals surface area contributed by atoms with Crippen LogP contribution in [-0.4, -0.2) is 17.7 Å². The third kappa shape index (κ3) is 1.27. The lowest BCUT2D eigenvalue weighted by atomic mass is 9.75. The molecule has 0 aliphatic heterocycles. The van der Waals surface area contributed by atoms with Crippen LogP contribution in [0.4, 0.5) is 0 Å². The van der Waals surface area contributed by atoms with Gasteiger partial charge in [0.25, 0.3) is 0 Å². The first kappa shape index (κ1) is 7.50. The maximum atomic E-state index is 10.6. The van der Waals surface area contributed by atoms with E-state index in [1.54, 1.807) is 0 Å². The Hall–Kier alpha value is -0.610. The summed E-state index contributed by atoms with van der Waals surface area (Å²) >= 11 is 0. The monoisotopic (exact) mass is 145 g/mol. The van der Waals surface area contributed by atoms with Crippen LogP contribution < -0.4 is 5.90 Å². The molecule has 0 aromatic heterocycles. The molecule has 3 N–H and O–H groups in total.